The van der Waals surface area contributed by atoms with E-state index in [1.807, 2.05) is 4.90 Å². The van der Waals surface area contributed by atoms with Gasteiger partial charge in [0, 0.05) is 31.9 Å². The number of anilines is 1. The molecule has 0 spiro atoms. The number of hydrogen-bond donors (Lipinski definition) is 2. The number of carbonyl (C=O) groups excluding carboxylic acids is 1. The number of aliphatic carboxylic acids is 1. The summed E-state index contributed by atoms with van der Waals surface area (Å²) in [5, 5.41) is 11.9. The maximum Gasteiger partial charge on any atom is 0.322 e. The van der Waals surface area contributed by atoms with Gasteiger partial charge in [-0.15, -0.1) is 12.4 Å². The fourth-order valence-corrected chi connectivity index (χ4v) is 4.99. The van der Waals surface area contributed by atoms with E-state index >= 15 is 0 Å². The molecule has 0 aliphatic carbocycles. The predicted molar refractivity (Wildman–Crippen MR) is 120 cm³/mol. The molecule has 3 aliphatic heterocycles. The molecule has 0 saturated carbocycles. The van der Waals surface area contributed by atoms with E-state index in [1.54, 1.807) is 0 Å². The lowest BCUT2D eigenvalue weighted by Gasteiger charge is -2.37. The molecular weight excluding hydrogens is 404 g/mol. The zero-order valence-electron chi connectivity index (χ0n) is 17.7. The van der Waals surface area contributed by atoms with Crippen LogP contribution in [0.25, 0.3) is 0 Å². The number of piperidine rings is 1. The summed E-state index contributed by atoms with van der Waals surface area (Å²) in [6.07, 6.45) is 4.31. The normalized spacial score (nSPS) is 23.4. The van der Waals surface area contributed by atoms with E-state index in [9.17, 15) is 9.59 Å². The molecule has 8 heteroatoms. The Balaban J connectivity index is 0.00000256. The molecule has 4 rings (SSSR count). The van der Waals surface area contributed by atoms with Crippen LogP contribution >= 0.6 is 12.4 Å². The summed E-state index contributed by atoms with van der Waals surface area (Å²) in [7, 11) is 2.17. The lowest BCUT2D eigenvalue weighted by Crippen LogP contribution is -2.45. The number of fused-ring (bicyclic) bond motifs is 1. The van der Waals surface area contributed by atoms with Crippen molar-refractivity contribution in [3.63, 3.8) is 0 Å². The van der Waals surface area contributed by atoms with Crippen LogP contribution in [-0.2, 0) is 17.6 Å². The number of likely N-dealkylation sites (tertiary alicyclic amines) is 1. The van der Waals surface area contributed by atoms with Crippen molar-refractivity contribution < 1.29 is 14.7 Å². The highest BCUT2D eigenvalue weighted by Crippen LogP contribution is 2.32. The molecule has 7 nitrogen and oxygen atoms in total. The SMILES string of the molecule is CN1CCc2ccc(N3C(=O)NCC3C3CCN(CCC(=O)O)CC3)cc2CC1.Cl. The molecule has 1 aromatic rings. The highest BCUT2D eigenvalue weighted by molar-refractivity contribution is 5.95. The van der Waals surface area contributed by atoms with Crippen LogP contribution < -0.4 is 10.2 Å². The molecule has 1 aromatic carbocycles. The van der Waals surface area contributed by atoms with E-state index in [2.05, 4.69) is 40.4 Å². The molecular formula is C22H33ClN4O3. The summed E-state index contributed by atoms with van der Waals surface area (Å²) in [5.74, 6) is -0.293. The Morgan fingerprint density at radius 2 is 1.83 bits per heavy atom. The van der Waals surface area contributed by atoms with Crippen LogP contribution in [0.5, 0.6) is 0 Å². The molecule has 2 fully saturated rings. The van der Waals surface area contributed by atoms with Gasteiger partial charge in [0.15, 0.2) is 0 Å². The van der Waals surface area contributed by atoms with E-state index in [0.29, 0.717) is 19.0 Å². The first-order valence-electron chi connectivity index (χ1n) is 10.8. The lowest BCUT2D eigenvalue weighted by atomic mass is 9.88. The predicted octanol–water partition coefficient (Wildman–Crippen LogP) is 2.22. The fourth-order valence-electron chi connectivity index (χ4n) is 4.99. The van der Waals surface area contributed by atoms with Crippen molar-refractivity contribution in [2.45, 2.75) is 38.1 Å². The van der Waals surface area contributed by atoms with Crippen LogP contribution in [0.4, 0.5) is 10.5 Å². The Hall–Kier alpha value is -1.83. The minimum absolute atomic E-state index is 0. The number of rotatable bonds is 5. The van der Waals surface area contributed by atoms with E-state index in [0.717, 1.165) is 57.5 Å². The monoisotopic (exact) mass is 436 g/mol. The first-order chi connectivity index (χ1) is 14.0. The fraction of sp³-hybridized carbons (Fsp3) is 0.636. The van der Waals surface area contributed by atoms with E-state index in [-0.39, 0.29) is 30.9 Å². The highest BCUT2D eigenvalue weighted by Gasteiger charge is 2.38. The number of benzene rings is 1. The smallest absolute Gasteiger partial charge is 0.322 e. The average Bonchev–Trinajstić information content (AvgIpc) is 3.00. The number of carboxylic acid groups (broad SMARTS) is 1. The molecule has 166 valence electrons. The average molecular weight is 437 g/mol. The molecule has 30 heavy (non-hydrogen) atoms. The number of halogens is 1. The molecule has 1 unspecified atom stereocenters. The van der Waals surface area contributed by atoms with Gasteiger partial charge >= 0.3 is 12.0 Å². The van der Waals surface area contributed by atoms with Crippen molar-refractivity contribution in [3.05, 3.63) is 29.3 Å². The number of nitrogens with zero attached hydrogens (tertiary/aromatic N) is 3. The van der Waals surface area contributed by atoms with Gasteiger partial charge in [0.1, 0.15) is 0 Å². The number of nitrogens with one attached hydrogen (secondary N) is 1. The van der Waals surface area contributed by atoms with Crippen LogP contribution in [0.15, 0.2) is 18.2 Å². The summed E-state index contributed by atoms with van der Waals surface area (Å²) < 4.78 is 0. The van der Waals surface area contributed by atoms with E-state index in [1.165, 1.54) is 11.1 Å². The third-order valence-corrected chi connectivity index (χ3v) is 6.82. The third-order valence-electron chi connectivity index (χ3n) is 6.82. The van der Waals surface area contributed by atoms with Crippen LogP contribution in [0.2, 0.25) is 0 Å². The van der Waals surface area contributed by atoms with Gasteiger partial charge in [0.05, 0.1) is 12.5 Å². The summed E-state index contributed by atoms with van der Waals surface area (Å²) in [5.41, 5.74) is 3.79. The molecule has 1 atom stereocenters. The van der Waals surface area contributed by atoms with Gasteiger partial charge in [-0.25, -0.2) is 4.79 Å². The second kappa shape index (κ2) is 9.98. The Morgan fingerprint density at radius 3 is 2.53 bits per heavy atom. The van der Waals surface area contributed by atoms with Crippen molar-refractivity contribution in [1.82, 2.24) is 15.1 Å². The quantitative estimate of drug-likeness (QED) is 0.740. The largest absolute Gasteiger partial charge is 0.481 e. The minimum Gasteiger partial charge on any atom is -0.481 e. The van der Waals surface area contributed by atoms with Crippen molar-refractivity contribution in [2.75, 3.05) is 51.2 Å². The second-order valence-electron chi connectivity index (χ2n) is 8.70. The Morgan fingerprint density at radius 1 is 1.13 bits per heavy atom. The molecule has 3 heterocycles. The van der Waals surface area contributed by atoms with Crippen LogP contribution in [0.1, 0.15) is 30.4 Å². The number of amides is 2. The summed E-state index contributed by atoms with van der Waals surface area (Å²) in [6.45, 7) is 5.27. The molecule has 0 aromatic heterocycles. The first-order valence-corrected chi connectivity index (χ1v) is 10.8. The van der Waals surface area contributed by atoms with Crippen molar-refractivity contribution in [2.24, 2.45) is 5.92 Å². The van der Waals surface area contributed by atoms with Gasteiger partial charge in [-0.3, -0.25) is 9.69 Å². The van der Waals surface area contributed by atoms with E-state index < -0.39 is 5.97 Å². The zero-order chi connectivity index (χ0) is 20.4. The topological polar surface area (TPSA) is 76.1 Å². The standard InChI is InChI=1S/C22H32N4O3.ClH/c1-24-9-4-16-2-3-19(14-18(16)5-10-24)26-20(15-23-22(26)29)17-6-11-25(12-7-17)13-8-21(27)28;/h2-3,14,17,20H,4-13,15H2,1H3,(H,23,29)(H,27,28);1H. The zero-order valence-corrected chi connectivity index (χ0v) is 18.5. The first kappa shape index (κ1) is 22.8. The van der Waals surface area contributed by atoms with Gasteiger partial charge in [-0.05, 0) is 75.0 Å². The molecule has 3 aliphatic rings. The second-order valence-corrected chi connectivity index (χ2v) is 8.70. The molecule has 2 N–H and O–H groups in total. The Labute approximate surface area is 184 Å². The molecule has 2 amide bonds. The number of carboxylic acids is 1. The van der Waals surface area contributed by atoms with Gasteiger partial charge in [-0.2, -0.15) is 0 Å². The minimum atomic E-state index is -0.738. The van der Waals surface area contributed by atoms with Crippen LogP contribution in [0, 0.1) is 5.92 Å². The van der Waals surface area contributed by atoms with Crippen LogP contribution in [-0.4, -0.2) is 79.3 Å². The molecule has 2 saturated heterocycles. The van der Waals surface area contributed by atoms with Gasteiger partial charge in [0.25, 0.3) is 0 Å². The number of hydrogen-bond acceptors (Lipinski definition) is 4. The van der Waals surface area contributed by atoms with Crippen molar-refractivity contribution >= 4 is 30.1 Å². The number of likely N-dealkylation sites (N-methyl/N-ethyl adjacent to an activating group) is 1. The Bertz CT molecular complexity index is 767. The maximum absolute atomic E-state index is 12.7. The number of carbonyl (C=O) groups is 2. The Kier molecular flexibility index (Phi) is 7.60. The van der Waals surface area contributed by atoms with Gasteiger partial charge in [-0.1, -0.05) is 6.07 Å². The summed E-state index contributed by atoms with van der Waals surface area (Å²) in [4.78, 5) is 30.1. The van der Waals surface area contributed by atoms with Crippen molar-refractivity contribution in [1.29, 1.82) is 0 Å². The highest BCUT2D eigenvalue weighted by atomic mass is 35.5. The molecule has 0 radical (unpaired) electrons. The number of urea groups is 1. The third kappa shape index (κ3) is 5.07. The van der Waals surface area contributed by atoms with Gasteiger partial charge in [0.2, 0.25) is 0 Å². The van der Waals surface area contributed by atoms with Crippen LogP contribution in [0.3, 0.4) is 0 Å². The van der Waals surface area contributed by atoms with Gasteiger partial charge < -0.3 is 20.2 Å². The summed E-state index contributed by atoms with van der Waals surface area (Å²) >= 11 is 0. The molecule has 0 bridgehead atoms. The lowest BCUT2D eigenvalue weighted by molar-refractivity contribution is -0.137. The van der Waals surface area contributed by atoms with E-state index in [4.69, 9.17) is 5.11 Å². The van der Waals surface area contributed by atoms with Crippen molar-refractivity contribution in [3.8, 4) is 0 Å². The summed E-state index contributed by atoms with van der Waals surface area (Å²) in [6, 6.07) is 6.74. The maximum atomic E-state index is 12.7.